The summed E-state index contributed by atoms with van der Waals surface area (Å²) in [7, 11) is 1.68. The van der Waals surface area contributed by atoms with Crippen LogP contribution in [0.5, 0.6) is 0 Å². The van der Waals surface area contributed by atoms with Gasteiger partial charge in [-0.15, -0.1) is 11.3 Å². The molecule has 1 atom stereocenters. The van der Waals surface area contributed by atoms with E-state index < -0.39 is 5.97 Å². The molecule has 18 heavy (non-hydrogen) atoms. The van der Waals surface area contributed by atoms with Gasteiger partial charge in [0.2, 0.25) is 0 Å². The molecule has 1 aromatic heterocycles. The number of thiophene rings is 1. The lowest BCUT2D eigenvalue weighted by molar-refractivity contribution is 0.0698. The average Bonchev–Trinajstić information content (AvgIpc) is 2.81. The van der Waals surface area contributed by atoms with Gasteiger partial charge in [-0.1, -0.05) is 6.92 Å². The zero-order valence-corrected chi connectivity index (χ0v) is 12.0. The summed E-state index contributed by atoms with van der Waals surface area (Å²) in [5, 5.41) is 10.9. The minimum atomic E-state index is -0.837. The number of methoxy groups -OCH3 is 1. The fraction of sp³-hybridized carbons (Fsp3) is 0.615. The van der Waals surface area contributed by atoms with E-state index in [2.05, 4.69) is 18.7 Å². The van der Waals surface area contributed by atoms with Crippen molar-refractivity contribution in [2.24, 2.45) is 0 Å². The number of carbonyl (C=O) groups is 1. The summed E-state index contributed by atoms with van der Waals surface area (Å²) in [6.45, 7) is 6.44. The van der Waals surface area contributed by atoms with E-state index in [4.69, 9.17) is 9.84 Å². The first-order valence-corrected chi connectivity index (χ1v) is 7.00. The van der Waals surface area contributed by atoms with Crippen LogP contribution in [0.2, 0.25) is 0 Å². The summed E-state index contributed by atoms with van der Waals surface area (Å²) in [5.74, 6) is -0.837. The number of hydrogen-bond acceptors (Lipinski definition) is 4. The van der Waals surface area contributed by atoms with Crippen molar-refractivity contribution in [1.82, 2.24) is 4.90 Å². The summed E-state index contributed by atoms with van der Waals surface area (Å²) in [4.78, 5) is 13.8. The Morgan fingerprint density at radius 2 is 2.33 bits per heavy atom. The van der Waals surface area contributed by atoms with Gasteiger partial charge >= 0.3 is 5.97 Å². The molecule has 1 rings (SSSR count). The first-order chi connectivity index (χ1) is 8.60. The van der Waals surface area contributed by atoms with Crippen molar-refractivity contribution in [2.75, 3.05) is 20.3 Å². The zero-order valence-electron chi connectivity index (χ0n) is 11.2. The second-order valence-corrected chi connectivity index (χ2v) is 5.22. The Morgan fingerprint density at radius 1 is 1.61 bits per heavy atom. The number of ether oxygens (including phenoxy) is 1. The quantitative estimate of drug-likeness (QED) is 0.790. The van der Waals surface area contributed by atoms with Gasteiger partial charge in [-0.3, -0.25) is 4.90 Å². The lowest BCUT2D eigenvalue weighted by atomic mass is 10.1. The Labute approximate surface area is 112 Å². The molecular weight excluding hydrogens is 250 g/mol. The number of carboxylic acids is 1. The average molecular weight is 271 g/mol. The minimum absolute atomic E-state index is 0.418. The van der Waals surface area contributed by atoms with Crippen LogP contribution >= 0.6 is 11.3 Å². The molecule has 102 valence electrons. The highest BCUT2D eigenvalue weighted by atomic mass is 32.1. The molecule has 0 saturated heterocycles. The zero-order chi connectivity index (χ0) is 13.5. The smallest absolute Gasteiger partial charge is 0.346 e. The molecule has 0 aliphatic rings. The molecule has 0 fully saturated rings. The van der Waals surface area contributed by atoms with E-state index in [-0.39, 0.29) is 0 Å². The lowest BCUT2D eigenvalue weighted by Gasteiger charge is -2.28. The fourth-order valence-corrected chi connectivity index (χ4v) is 2.54. The molecule has 0 aliphatic heterocycles. The highest BCUT2D eigenvalue weighted by Gasteiger charge is 2.17. The molecule has 0 amide bonds. The number of rotatable bonds is 8. The van der Waals surface area contributed by atoms with E-state index in [0.717, 1.165) is 18.5 Å². The molecule has 1 heterocycles. The van der Waals surface area contributed by atoms with Crippen molar-refractivity contribution in [2.45, 2.75) is 32.9 Å². The second kappa shape index (κ2) is 7.51. The molecule has 1 unspecified atom stereocenters. The van der Waals surface area contributed by atoms with Crippen molar-refractivity contribution in [3.8, 4) is 0 Å². The van der Waals surface area contributed by atoms with E-state index in [1.807, 2.05) is 11.4 Å². The number of nitrogens with zero attached hydrogens (tertiary/aromatic N) is 1. The lowest BCUT2D eigenvalue weighted by Crippen LogP contribution is -2.35. The van der Waals surface area contributed by atoms with Crippen molar-refractivity contribution in [1.29, 1.82) is 0 Å². The highest BCUT2D eigenvalue weighted by Crippen LogP contribution is 2.20. The molecule has 0 spiro atoms. The van der Waals surface area contributed by atoms with Crippen LogP contribution in [0.3, 0.4) is 0 Å². The Kier molecular flexibility index (Phi) is 6.32. The maximum absolute atomic E-state index is 11.1. The largest absolute Gasteiger partial charge is 0.477 e. The predicted molar refractivity (Wildman–Crippen MR) is 73.3 cm³/mol. The van der Waals surface area contributed by atoms with Crippen molar-refractivity contribution in [3.63, 3.8) is 0 Å². The standard InChI is InChI=1S/C13H21NO3S/c1-4-10(2)14(6-7-17-3)9-11-5-8-18-12(11)13(15)16/h5,8,10H,4,6-7,9H2,1-3H3,(H,15,16). The summed E-state index contributed by atoms with van der Waals surface area (Å²) >= 11 is 1.29. The van der Waals surface area contributed by atoms with Gasteiger partial charge in [0, 0.05) is 26.2 Å². The first kappa shape index (κ1) is 15.1. The third-order valence-corrected chi connectivity index (χ3v) is 4.06. The normalized spacial score (nSPS) is 12.9. The maximum atomic E-state index is 11.1. The van der Waals surface area contributed by atoms with Crippen molar-refractivity contribution >= 4 is 17.3 Å². The number of carboxylic acid groups (broad SMARTS) is 1. The van der Waals surface area contributed by atoms with E-state index in [1.54, 1.807) is 7.11 Å². The molecule has 1 N–H and O–H groups in total. The summed E-state index contributed by atoms with van der Waals surface area (Å²) < 4.78 is 5.11. The number of hydrogen-bond donors (Lipinski definition) is 1. The molecule has 4 nitrogen and oxygen atoms in total. The van der Waals surface area contributed by atoms with Crippen molar-refractivity contribution < 1.29 is 14.6 Å². The monoisotopic (exact) mass is 271 g/mol. The van der Waals surface area contributed by atoms with Crippen LogP contribution in [-0.2, 0) is 11.3 Å². The Bertz CT molecular complexity index is 378. The topological polar surface area (TPSA) is 49.8 Å². The third kappa shape index (κ3) is 4.08. The molecule has 0 bridgehead atoms. The van der Waals surface area contributed by atoms with Gasteiger partial charge in [0.25, 0.3) is 0 Å². The van der Waals surface area contributed by atoms with E-state index >= 15 is 0 Å². The van der Waals surface area contributed by atoms with Crippen LogP contribution in [0.25, 0.3) is 0 Å². The molecule has 5 heteroatoms. The van der Waals surface area contributed by atoms with E-state index in [0.29, 0.717) is 24.1 Å². The summed E-state index contributed by atoms with van der Waals surface area (Å²) in [5.41, 5.74) is 0.893. The molecule has 1 aromatic rings. The SMILES string of the molecule is CCC(C)N(CCOC)Cc1ccsc1C(=O)O. The summed E-state index contributed by atoms with van der Waals surface area (Å²) in [6, 6.07) is 2.32. The highest BCUT2D eigenvalue weighted by molar-refractivity contribution is 7.12. The molecule has 0 aliphatic carbocycles. The van der Waals surface area contributed by atoms with Gasteiger partial charge < -0.3 is 9.84 Å². The van der Waals surface area contributed by atoms with Crippen LogP contribution in [0.4, 0.5) is 0 Å². The predicted octanol–water partition coefficient (Wildman–Crippen LogP) is 2.69. The van der Waals surface area contributed by atoms with Gasteiger partial charge in [-0.25, -0.2) is 4.79 Å². The Hall–Kier alpha value is -0.910. The molecule has 0 aromatic carbocycles. The molecule has 0 radical (unpaired) electrons. The van der Waals surface area contributed by atoms with E-state index in [1.165, 1.54) is 11.3 Å². The third-order valence-electron chi connectivity index (χ3n) is 3.11. The maximum Gasteiger partial charge on any atom is 0.346 e. The van der Waals surface area contributed by atoms with Crippen LogP contribution in [-0.4, -0.2) is 42.3 Å². The van der Waals surface area contributed by atoms with Crippen molar-refractivity contribution in [3.05, 3.63) is 21.9 Å². The van der Waals surface area contributed by atoms with Gasteiger partial charge in [-0.2, -0.15) is 0 Å². The first-order valence-electron chi connectivity index (χ1n) is 6.12. The summed E-state index contributed by atoms with van der Waals surface area (Å²) in [6.07, 6.45) is 1.04. The Balaban J connectivity index is 2.75. The molecular formula is C13H21NO3S. The van der Waals surface area contributed by atoms with Crippen LogP contribution < -0.4 is 0 Å². The second-order valence-electron chi connectivity index (χ2n) is 4.30. The van der Waals surface area contributed by atoms with Crippen LogP contribution in [0, 0.1) is 0 Å². The minimum Gasteiger partial charge on any atom is -0.477 e. The fourth-order valence-electron chi connectivity index (χ4n) is 1.79. The van der Waals surface area contributed by atoms with Gasteiger partial charge in [0.1, 0.15) is 4.88 Å². The van der Waals surface area contributed by atoms with E-state index in [9.17, 15) is 4.79 Å². The van der Waals surface area contributed by atoms with Gasteiger partial charge in [0.05, 0.1) is 6.61 Å². The van der Waals surface area contributed by atoms with Crippen LogP contribution in [0.15, 0.2) is 11.4 Å². The number of aromatic carboxylic acids is 1. The van der Waals surface area contributed by atoms with Crippen LogP contribution in [0.1, 0.15) is 35.5 Å². The molecule has 0 saturated carbocycles. The van der Waals surface area contributed by atoms with Gasteiger partial charge in [0.15, 0.2) is 0 Å². The van der Waals surface area contributed by atoms with Gasteiger partial charge in [-0.05, 0) is 30.4 Å². The Morgan fingerprint density at radius 3 is 2.89 bits per heavy atom.